The maximum absolute atomic E-state index is 12.8. The molecule has 11 heteroatoms. The second kappa shape index (κ2) is 6.08. The maximum atomic E-state index is 12.8. The lowest BCUT2D eigenvalue weighted by Gasteiger charge is -2.12. The topological polar surface area (TPSA) is 127 Å². The van der Waals surface area contributed by atoms with Gasteiger partial charge >= 0.3 is 5.69 Å². The van der Waals surface area contributed by atoms with Gasteiger partial charge in [-0.25, -0.2) is 17.9 Å². The molecular formula is C16H17N5O4S2. The van der Waals surface area contributed by atoms with E-state index in [4.69, 9.17) is 0 Å². The Balaban J connectivity index is 1.80. The summed E-state index contributed by atoms with van der Waals surface area (Å²) in [5.74, 6) is 0. The molecule has 1 saturated carbocycles. The van der Waals surface area contributed by atoms with E-state index in [0.29, 0.717) is 5.01 Å². The molecule has 0 radical (unpaired) electrons. The number of benzene rings is 1. The van der Waals surface area contributed by atoms with Gasteiger partial charge in [-0.15, -0.1) is 10.2 Å². The fourth-order valence-corrected chi connectivity index (χ4v) is 4.94. The molecule has 1 aromatic carbocycles. The maximum Gasteiger partial charge on any atom is 0.329 e. The number of aryl methyl sites for hydroxylation is 1. The van der Waals surface area contributed by atoms with E-state index in [1.165, 1.54) is 29.5 Å². The van der Waals surface area contributed by atoms with Crippen LogP contribution in [-0.2, 0) is 16.6 Å². The SMILES string of the molecule is Cc1nnc(Cn2c(=O)[nH]c3ccc(S(=O)(=O)NC4(C)CC4)cc3c2=O)s1. The third-order valence-corrected chi connectivity index (χ3v) is 6.97. The highest BCUT2D eigenvalue weighted by atomic mass is 32.2. The third-order valence-electron chi connectivity index (χ3n) is 4.51. The van der Waals surface area contributed by atoms with Crippen molar-refractivity contribution >= 4 is 32.3 Å². The van der Waals surface area contributed by atoms with Crippen LogP contribution in [0.4, 0.5) is 0 Å². The van der Waals surface area contributed by atoms with Crippen LogP contribution < -0.4 is 16.0 Å². The molecule has 2 N–H and O–H groups in total. The predicted octanol–water partition coefficient (Wildman–Crippen LogP) is 0.729. The first-order valence-electron chi connectivity index (χ1n) is 8.27. The minimum Gasteiger partial charge on any atom is -0.307 e. The van der Waals surface area contributed by atoms with E-state index in [9.17, 15) is 18.0 Å². The summed E-state index contributed by atoms with van der Waals surface area (Å²) in [6.45, 7) is 3.59. The van der Waals surface area contributed by atoms with Gasteiger partial charge in [0.2, 0.25) is 10.0 Å². The Hall–Kier alpha value is -2.37. The van der Waals surface area contributed by atoms with Crippen LogP contribution >= 0.6 is 11.3 Å². The number of nitrogens with one attached hydrogen (secondary N) is 2. The molecule has 142 valence electrons. The number of rotatable bonds is 5. The molecule has 0 bridgehead atoms. The Kier molecular flexibility index (Phi) is 4.05. The van der Waals surface area contributed by atoms with Crippen molar-refractivity contribution in [1.29, 1.82) is 0 Å². The average Bonchev–Trinajstić information content (AvgIpc) is 3.16. The molecule has 27 heavy (non-hydrogen) atoms. The Labute approximate surface area is 158 Å². The normalized spacial score (nSPS) is 15.9. The van der Waals surface area contributed by atoms with Crippen molar-refractivity contribution < 1.29 is 8.42 Å². The van der Waals surface area contributed by atoms with E-state index in [1.54, 1.807) is 6.92 Å². The zero-order valence-electron chi connectivity index (χ0n) is 14.6. The lowest BCUT2D eigenvalue weighted by molar-refractivity contribution is 0.558. The zero-order chi connectivity index (χ0) is 19.4. The van der Waals surface area contributed by atoms with Crippen LogP contribution in [0.2, 0.25) is 0 Å². The summed E-state index contributed by atoms with van der Waals surface area (Å²) in [4.78, 5) is 27.7. The second-order valence-electron chi connectivity index (χ2n) is 6.91. The van der Waals surface area contributed by atoms with E-state index in [-0.39, 0.29) is 22.3 Å². The Morgan fingerprint density at radius 1 is 1.30 bits per heavy atom. The van der Waals surface area contributed by atoms with Gasteiger partial charge in [-0.1, -0.05) is 11.3 Å². The van der Waals surface area contributed by atoms with Gasteiger partial charge in [0.15, 0.2) is 0 Å². The van der Waals surface area contributed by atoms with Crippen molar-refractivity contribution in [3.05, 3.63) is 49.1 Å². The number of hydrogen-bond acceptors (Lipinski definition) is 7. The van der Waals surface area contributed by atoms with Gasteiger partial charge in [0.25, 0.3) is 5.56 Å². The molecule has 2 heterocycles. The number of hydrogen-bond donors (Lipinski definition) is 2. The van der Waals surface area contributed by atoms with Gasteiger partial charge < -0.3 is 4.98 Å². The van der Waals surface area contributed by atoms with Crippen LogP contribution in [-0.4, -0.2) is 33.7 Å². The first-order valence-corrected chi connectivity index (χ1v) is 10.6. The van der Waals surface area contributed by atoms with Crippen molar-refractivity contribution in [2.45, 2.75) is 43.7 Å². The van der Waals surface area contributed by atoms with Crippen LogP contribution in [0.3, 0.4) is 0 Å². The van der Waals surface area contributed by atoms with Crippen molar-refractivity contribution in [3.8, 4) is 0 Å². The Morgan fingerprint density at radius 3 is 2.67 bits per heavy atom. The predicted molar refractivity (Wildman–Crippen MR) is 101 cm³/mol. The Bertz CT molecular complexity index is 1270. The quantitative estimate of drug-likeness (QED) is 0.642. The van der Waals surface area contributed by atoms with Crippen molar-refractivity contribution in [2.24, 2.45) is 0 Å². The van der Waals surface area contributed by atoms with E-state index in [1.807, 2.05) is 6.92 Å². The first kappa shape index (κ1) is 18.0. The number of nitrogens with zero attached hydrogens (tertiary/aromatic N) is 3. The fourth-order valence-electron chi connectivity index (χ4n) is 2.75. The van der Waals surface area contributed by atoms with Gasteiger partial charge in [-0.05, 0) is 44.9 Å². The number of sulfonamides is 1. The molecule has 2 aromatic heterocycles. The van der Waals surface area contributed by atoms with E-state index in [0.717, 1.165) is 22.4 Å². The molecule has 4 rings (SSSR count). The average molecular weight is 407 g/mol. The zero-order valence-corrected chi connectivity index (χ0v) is 16.3. The molecule has 0 spiro atoms. The minimum atomic E-state index is -3.75. The standard InChI is InChI=1S/C16H17N5O4S2/c1-9-18-19-13(26-9)8-21-14(22)11-7-10(3-4-12(11)17-15(21)23)27(24,25)20-16(2)5-6-16/h3-4,7,20H,5-6,8H2,1-2H3,(H,17,23). The highest BCUT2D eigenvalue weighted by Crippen LogP contribution is 2.36. The number of fused-ring (bicyclic) bond motifs is 1. The van der Waals surface area contributed by atoms with E-state index >= 15 is 0 Å². The van der Waals surface area contributed by atoms with Gasteiger partial charge in [0.1, 0.15) is 10.0 Å². The van der Waals surface area contributed by atoms with Gasteiger partial charge in [0, 0.05) is 5.54 Å². The molecule has 0 amide bonds. The van der Waals surface area contributed by atoms with E-state index < -0.39 is 26.8 Å². The molecule has 1 fully saturated rings. The Morgan fingerprint density at radius 2 is 2.04 bits per heavy atom. The lowest BCUT2D eigenvalue weighted by atomic mass is 10.2. The monoisotopic (exact) mass is 407 g/mol. The number of H-pyrrole nitrogens is 1. The van der Waals surface area contributed by atoms with Crippen molar-refractivity contribution in [1.82, 2.24) is 24.5 Å². The van der Waals surface area contributed by atoms with Crippen LogP contribution in [0.5, 0.6) is 0 Å². The van der Waals surface area contributed by atoms with Crippen LogP contribution in [0.25, 0.3) is 10.9 Å². The molecule has 0 saturated heterocycles. The lowest BCUT2D eigenvalue weighted by Crippen LogP contribution is -2.36. The third kappa shape index (κ3) is 3.45. The highest BCUT2D eigenvalue weighted by Gasteiger charge is 2.41. The summed E-state index contributed by atoms with van der Waals surface area (Å²) in [6, 6.07) is 4.11. The molecule has 0 atom stereocenters. The number of aromatic nitrogens is 4. The van der Waals surface area contributed by atoms with E-state index in [2.05, 4.69) is 19.9 Å². The van der Waals surface area contributed by atoms with Gasteiger partial charge in [-0.3, -0.25) is 9.36 Å². The van der Waals surface area contributed by atoms with Crippen LogP contribution in [0.15, 0.2) is 32.7 Å². The van der Waals surface area contributed by atoms with Gasteiger partial charge in [-0.2, -0.15) is 0 Å². The van der Waals surface area contributed by atoms with Crippen LogP contribution in [0.1, 0.15) is 29.8 Å². The minimum absolute atomic E-state index is 0.00872. The molecule has 1 aliphatic carbocycles. The second-order valence-corrected chi connectivity index (χ2v) is 9.86. The molecule has 9 nitrogen and oxygen atoms in total. The summed E-state index contributed by atoms with van der Waals surface area (Å²) in [5, 5.41) is 9.17. The summed E-state index contributed by atoms with van der Waals surface area (Å²) in [7, 11) is -3.75. The summed E-state index contributed by atoms with van der Waals surface area (Å²) >= 11 is 1.29. The highest BCUT2D eigenvalue weighted by molar-refractivity contribution is 7.89. The number of aromatic amines is 1. The summed E-state index contributed by atoms with van der Waals surface area (Å²) in [6.07, 6.45) is 1.56. The summed E-state index contributed by atoms with van der Waals surface area (Å²) < 4.78 is 28.8. The molecule has 1 aliphatic rings. The van der Waals surface area contributed by atoms with Crippen LogP contribution in [0, 0.1) is 6.92 Å². The molecular weight excluding hydrogens is 390 g/mol. The van der Waals surface area contributed by atoms with Crippen molar-refractivity contribution in [3.63, 3.8) is 0 Å². The van der Waals surface area contributed by atoms with Gasteiger partial charge in [0.05, 0.1) is 22.3 Å². The first-order chi connectivity index (χ1) is 12.7. The van der Waals surface area contributed by atoms with Crippen molar-refractivity contribution in [2.75, 3.05) is 0 Å². The molecule has 0 unspecified atom stereocenters. The smallest absolute Gasteiger partial charge is 0.307 e. The summed E-state index contributed by atoms with van der Waals surface area (Å²) in [5.41, 5.74) is -1.29. The molecule has 3 aromatic rings. The molecule has 0 aliphatic heterocycles. The largest absolute Gasteiger partial charge is 0.329 e. The fraction of sp³-hybridized carbons (Fsp3) is 0.375.